The Labute approximate surface area is 160 Å². The van der Waals surface area contributed by atoms with Gasteiger partial charge in [-0.15, -0.1) is 0 Å². The van der Waals surface area contributed by atoms with E-state index >= 15 is 0 Å². The SMILES string of the molecule is CCOc1ccc(N[C@H](C)C(=O)NCc2ccc(OC)cc2)cc1OCC. The summed E-state index contributed by atoms with van der Waals surface area (Å²) >= 11 is 0. The highest BCUT2D eigenvalue weighted by molar-refractivity contribution is 5.84. The Hall–Kier alpha value is -2.89. The Morgan fingerprint density at radius 2 is 1.67 bits per heavy atom. The van der Waals surface area contributed by atoms with Gasteiger partial charge < -0.3 is 24.8 Å². The van der Waals surface area contributed by atoms with Gasteiger partial charge >= 0.3 is 0 Å². The van der Waals surface area contributed by atoms with Crippen molar-refractivity contribution in [3.8, 4) is 17.2 Å². The van der Waals surface area contributed by atoms with E-state index in [-0.39, 0.29) is 5.91 Å². The van der Waals surface area contributed by atoms with Crippen molar-refractivity contribution in [2.45, 2.75) is 33.4 Å². The average molecular weight is 372 g/mol. The first-order valence-corrected chi connectivity index (χ1v) is 9.14. The van der Waals surface area contributed by atoms with Crippen LogP contribution in [0.3, 0.4) is 0 Å². The lowest BCUT2D eigenvalue weighted by atomic mass is 10.2. The fourth-order valence-electron chi connectivity index (χ4n) is 2.54. The molecule has 0 fully saturated rings. The van der Waals surface area contributed by atoms with Crippen molar-refractivity contribution in [2.24, 2.45) is 0 Å². The summed E-state index contributed by atoms with van der Waals surface area (Å²) in [6.07, 6.45) is 0. The van der Waals surface area contributed by atoms with Crippen molar-refractivity contribution in [2.75, 3.05) is 25.6 Å². The molecule has 2 aromatic rings. The summed E-state index contributed by atoms with van der Waals surface area (Å²) in [6.45, 7) is 7.24. The molecule has 2 aromatic carbocycles. The minimum Gasteiger partial charge on any atom is -0.497 e. The highest BCUT2D eigenvalue weighted by atomic mass is 16.5. The fraction of sp³-hybridized carbons (Fsp3) is 0.381. The first-order chi connectivity index (χ1) is 13.1. The Morgan fingerprint density at radius 1 is 1.00 bits per heavy atom. The third kappa shape index (κ3) is 6.09. The fourth-order valence-corrected chi connectivity index (χ4v) is 2.54. The Kier molecular flexibility index (Phi) is 7.79. The van der Waals surface area contributed by atoms with E-state index in [2.05, 4.69) is 10.6 Å². The molecule has 0 aliphatic rings. The molecule has 6 nitrogen and oxygen atoms in total. The molecule has 0 unspecified atom stereocenters. The van der Waals surface area contributed by atoms with Gasteiger partial charge in [0.15, 0.2) is 11.5 Å². The Balaban J connectivity index is 1.93. The van der Waals surface area contributed by atoms with Crippen molar-refractivity contribution < 1.29 is 19.0 Å². The summed E-state index contributed by atoms with van der Waals surface area (Å²) in [4.78, 5) is 12.4. The van der Waals surface area contributed by atoms with E-state index in [1.165, 1.54) is 0 Å². The van der Waals surface area contributed by atoms with Crippen LogP contribution in [0.15, 0.2) is 42.5 Å². The Bertz CT molecular complexity index is 731. The number of rotatable bonds is 10. The number of ether oxygens (including phenoxy) is 3. The average Bonchev–Trinajstić information content (AvgIpc) is 2.68. The van der Waals surface area contributed by atoms with E-state index < -0.39 is 6.04 Å². The summed E-state index contributed by atoms with van der Waals surface area (Å²) in [5, 5.41) is 6.13. The van der Waals surface area contributed by atoms with Gasteiger partial charge in [-0.05, 0) is 50.6 Å². The largest absolute Gasteiger partial charge is 0.497 e. The molecule has 0 aromatic heterocycles. The van der Waals surface area contributed by atoms with Gasteiger partial charge in [0.2, 0.25) is 5.91 Å². The molecule has 0 heterocycles. The molecule has 6 heteroatoms. The number of anilines is 1. The maximum Gasteiger partial charge on any atom is 0.242 e. The van der Waals surface area contributed by atoms with Gasteiger partial charge in [0.25, 0.3) is 0 Å². The molecular weight excluding hydrogens is 344 g/mol. The maximum absolute atomic E-state index is 12.4. The molecule has 0 spiro atoms. The molecule has 0 saturated carbocycles. The molecule has 0 aliphatic heterocycles. The van der Waals surface area contributed by atoms with Crippen molar-refractivity contribution in [3.05, 3.63) is 48.0 Å². The van der Waals surface area contributed by atoms with Gasteiger partial charge in [0.05, 0.1) is 20.3 Å². The smallest absolute Gasteiger partial charge is 0.242 e. The third-order valence-corrected chi connectivity index (χ3v) is 3.95. The van der Waals surface area contributed by atoms with Crippen molar-refractivity contribution in [3.63, 3.8) is 0 Å². The van der Waals surface area contributed by atoms with Crippen LogP contribution >= 0.6 is 0 Å². The summed E-state index contributed by atoms with van der Waals surface area (Å²) in [5.74, 6) is 2.06. The zero-order valence-electron chi connectivity index (χ0n) is 16.4. The number of carbonyl (C=O) groups is 1. The number of nitrogens with one attached hydrogen (secondary N) is 2. The van der Waals surface area contributed by atoms with Gasteiger partial charge in [-0.1, -0.05) is 12.1 Å². The van der Waals surface area contributed by atoms with E-state index in [1.54, 1.807) is 7.11 Å². The van der Waals surface area contributed by atoms with Gasteiger partial charge in [-0.2, -0.15) is 0 Å². The number of methoxy groups -OCH3 is 1. The van der Waals surface area contributed by atoms with Gasteiger partial charge in [0, 0.05) is 18.3 Å². The van der Waals surface area contributed by atoms with Crippen LogP contribution in [0.1, 0.15) is 26.3 Å². The Morgan fingerprint density at radius 3 is 2.30 bits per heavy atom. The lowest BCUT2D eigenvalue weighted by Crippen LogP contribution is -2.37. The molecular formula is C21H28N2O4. The van der Waals surface area contributed by atoms with Gasteiger partial charge in [0.1, 0.15) is 11.8 Å². The highest BCUT2D eigenvalue weighted by Crippen LogP contribution is 2.30. The van der Waals surface area contributed by atoms with Crippen LogP contribution in [0.4, 0.5) is 5.69 Å². The molecule has 146 valence electrons. The number of carbonyl (C=O) groups excluding carboxylic acids is 1. The number of hydrogen-bond acceptors (Lipinski definition) is 5. The van der Waals surface area contributed by atoms with Crippen LogP contribution in [0.5, 0.6) is 17.2 Å². The van der Waals surface area contributed by atoms with E-state index in [1.807, 2.05) is 63.2 Å². The quantitative estimate of drug-likeness (QED) is 0.667. The summed E-state index contributed by atoms with van der Waals surface area (Å²) in [6, 6.07) is 12.8. The first kappa shape index (κ1) is 20.4. The van der Waals surface area contributed by atoms with Crippen LogP contribution in [-0.2, 0) is 11.3 Å². The predicted molar refractivity (Wildman–Crippen MR) is 107 cm³/mol. The lowest BCUT2D eigenvalue weighted by molar-refractivity contribution is -0.121. The topological polar surface area (TPSA) is 68.8 Å². The minimum atomic E-state index is -0.393. The van der Waals surface area contributed by atoms with Crippen molar-refractivity contribution in [1.29, 1.82) is 0 Å². The predicted octanol–water partition coefficient (Wildman–Crippen LogP) is 3.61. The number of benzene rings is 2. The van der Waals surface area contributed by atoms with Crippen LogP contribution in [0, 0.1) is 0 Å². The van der Waals surface area contributed by atoms with Crippen molar-refractivity contribution in [1.82, 2.24) is 5.32 Å². The van der Waals surface area contributed by atoms with Crippen molar-refractivity contribution >= 4 is 11.6 Å². The van der Waals surface area contributed by atoms with Crippen LogP contribution in [0.25, 0.3) is 0 Å². The first-order valence-electron chi connectivity index (χ1n) is 9.14. The summed E-state index contributed by atoms with van der Waals surface area (Å²) in [5.41, 5.74) is 1.81. The normalized spacial score (nSPS) is 11.4. The number of hydrogen-bond donors (Lipinski definition) is 2. The standard InChI is InChI=1S/C21H28N2O4/c1-5-26-19-12-9-17(13-20(19)27-6-2)23-15(3)21(24)22-14-16-7-10-18(25-4)11-8-16/h7-13,15,23H,5-6,14H2,1-4H3,(H,22,24)/t15-/m1/s1. The molecule has 1 amide bonds. The molecule has 1 atom stereocenters. The molecule has 0 radical (unpaired) electrons. The van der Waals surface area contributed by atoms with Crippen LogP contribution in [-0.4, -0.2) is 32.3 Å². The molecule has 0 bridgehead atoms. The van der Waals surface area contributed by atoms with Gasteiger partial charge in [-0.25, -0.2) is 0 Å². The molecule has 2 N–H and O–H groups in total. The van der Waals surface area contributed by atoms with E-state index in [9.17, 15) is 4.79 Å². The van der Waals surface area contributed by atoms with E-state index in [4.69, 9.17) is 14.2 Å². The second kappa shape index (κ2) is 10.3. The second-order valence-electron chi connectivity index (χ2n) is 5.96. The monoisotopic (exact) mass is 372 g/mol. The van der Waals surface area contributed by atoms with Gasteiger partial charge in [-0.3, -0.25) is 4.79 Å². The van der Waals surface area contributed by atoms with E-state index in [0.29, 0.717) is 31.3 Å². The lowest BCUT2D eigenvalue weighted by Gasteiger charge is -2.17. The highest BCUT2D eigenvalue weighted by Gasteiger charge is 2.14. The molecule has 0 saturated heterocycles. The minimum absolute atomic E-state index is 0.0855. The van der Waals surface area contributed by atoms with Crippen LogP contribution < -0.4 is 24.8 Å². The maximum atomic E-state index is 12.4. The zero-order valence-corrected chi connectivity index (χ0v) is 16.4. The van der Waals surface area contributed by atoms with Crippen LogP contribution in [0.2, 0.25) is 0 Å². The molecule has 0 aliphatic carbocycles. The van der Waals surface area contributed by atoms with E-state index in [0.717, 1.165) is 17.0 Å². The molecule has 27 heavy (non-hydrogen) atoms. The molecule has 2 rings (SSSR count). The second-order valence-corrected chi connectivity index (χ2v) is 5.96. The number of amides is 1. The third-order valence-electron chi connectivity index (χ3n) is 3.95. The summed E-state index contributed by atoms with van der Waals surface area (Å²) in [7, 11) is 1.63. The zero-order chi connectivity index (χ0) is 19.6. The summed E-state index contributed by atoms with van der Waals surface area (Å²) < 4.78 is 16.3.